The van der Waals surface area contributed by atoms with E-state index in [1.54, 1.807) is 0 Å². The molecule has 1 aliphatic heterocycles. The molecule has 0 amide bonds. The summed E-state index contributed by atoms with van der Waals surface area (Å²) in [6.07, 6.45) is 4.95. The van der Waals surface area contributed by atoms with Crippen LogP contribution in [0.15, 0.2) is 4.99 Å². The fraction of sp³-hybridized carbons (Fsp3) is 0.909. The third kappa shape index (κ3) is 4.37. The van der Waals surface area contributed by atoms with Crippen LogP contribution in [0.3, 0.4) is 0 Å². The van der Waals surface area contributed by atoms with Gasteiger partial charge in [0.2, 0.25) is 5.96 Å². The van der Waals surface area contributed by atoms with Crippen LogP contribution in [0.5, 0.6) is 0 Å². The maximum atomic E-state index is 5.41. The highest BCUT2D eigenvalue weighted by atomic mass is 15.3. The van der Waals surface area contributed by atoms with Crippen molar-refractivity contribution in [1.82, 2.24) is 15.6 Å². The molecule has 5 heteroatoms. The highest BCUT2D eigenvalue weighted by Gasteiger charge is 2.18. The summed E-state index contributed by atoms with van der Waals surface area (Å²) in [5.41, 5.74) is 2.61. The van der Waals surface area contributed by atoms with Crippen LogP contribution in [0.4, 0.5) is 0 Å². The number of likely N-dealkylation sites (tertiary alicyclic amines) is 1. The Labute approximate surface area is 98.4 Å². The molecule has 94 valence electrons. The van der Waals surface area contributed by atoms with Crippen LogP contribution in [-0.2, 0) is 0 Å². The number of likely N-dealkylation sites (N-methyl/N-ethyl adjacent to an activating group) is 1. The molecule has 1 rings (SSSR count). The monoisotopic (exact) mass is 227 g/mol. The zero-order valence-electron chi connectivity index (χ0n) is 10.5. The first-order valence-corrected chi connectivity index (χ1v) is 6.23. The zero-order chi connectivity index (χ0) is 11.8. The maximum Gasteiger partial charge on any atom is 0.205 e. The van der Waals surface area contributed by atoms with E-state index < -0.39 is 0 Å². The molecule has 16 heavy (non-hydrogen) atoms. The van der Waals surface area contributed by atoms with E-state index in [0.717, 1.165) is 19.5 Å². The molecule has 0 aromatic rings. The van der Waals surface area contributed by atoms with E-state index in [2.05, 4.69) is 34.6 Å². The van der Waals surface area contributed by atoms with Crippen LogP contribution in [0, 0.1) is 0 Å². The summed E-state index contributed by atoms with van der Waals surface area (Å²) in [5.74, 6) is 6.12. The van der Waals surface area contributed by atoms with Crippen molar-refractivity contribution < 1.29 is 0 Å². The second-order valence-electron chi connectivity index (χ2n) is 4.39. The molecular weight excluding hydrogens is 202 g/mol. The number of hydrogen-bond donors (Lipinski definition) is 3. The Morgan fingerprint density at radius 1 is 1.50 bits per heavy atom. The minimum atomic E-state index is 0.570. The summed E-state index contributed by atoms with van der Waals surface area (Å²) >= 11 is 0. The first-order chi connectivity index (χ1) is 7.77. The lowest BCUT2D eigenvalue weighted by Gasteiger charge is -2.31. The number of guanidine groups is 1. The highest BCUT2D eigenvalue weighted by molar-refractivity contribution is 5.79. The van der Waals surface area contributed by atoms with E-state index in [9.17, 15) is 0 Å². The quantitative estimate of drug-likeness (QED) is 0.279. The first kappa shape index (κ1) is 13.3. The van der Waals surface area contributed by atoms with Gasteiger partial charge in [-0.3, -0.25) is 10.4 Å². The fourth-order valence-corrected chi connectivity index (χ4v) is 1.97. The minimum absolute atomic E-state index is 0.570. The maximum absolute atomic E-state index is 5.41. The molecule has 1 saturated heterocycles. The molecule has 5 nitrogen and oxygen atoms in total. The summed E-state index contributed by atoms with van der Waals surface area (Å²) in [6.45, 7) is 5.04. The SMILES string of the molecule is CCCNC(=NCC1CCCCN1C)NN. The number of nitrogens with zero attached hydrogens (tertiary/aromatic N) is 2. The van der Waals surface area contributed by atoms with E-state index >= 15 is 0 Å². The Bertz CT molecular complexity index is 216. The number of hydrazine groups is 1. The molecule has 1 unspecified atom stereocenters. The van der Waals surface area contributed by atoms with Crippen molar-refractivity contribution in [3.05, 3.63) is 0 Å². The average molecular weight is 227 g/mol. The van der Waals surface area contributed by atoms with Crippen LogP contribution in [-0.4, -0.2) is 43.6 Å². The van der Waals surface area contributed by atoms with Crippen molar-refractivity contribution in [2.45, 2.75) is 38.6 Å². The Balaban J connectivity index is 2.35. The van der Waals surface area contributed by atoms with Crippen LogP contribution in [0.25, 0.3) is 0 Å². The Hall–Kier alpha value is -0.810. The molecule has 1 aliphatic rings. The van der Waals surface area contributed by atoms with E-state index in [1.165, 1.54) is 25.8 Å². The smallest absolute Gasteiger partial charge is 0.205 e. The fourth-order valence-electron chi connectivity index (χ4n) is 1.97. The van der Waals surface area contributed by atoms with Crippen LogP contribution in [0.2, 0.25) is 0 Å². The van der Waals surface area contributed by atoms with Gasteiger partial charge in [-0.2, -0.15) is 0 Å². The number of rotatable bonds is 4. The van der Waals surface area contributed by atoms with Crippen molar-refractivity contribution in [2.24, 2.45) is 10.8 Å². The third-order valence-corrected chi connectivity index (χ3v) is 3.06. The minimum Gasteiger partial charge on any atom is -0.355 e. The lowest BCUT2D eigenvalue weighted by molar-refractivity contribution is 0.191. The summed E-state index contributed by atoms with van der Waals surface area (Å²) in [5, 5.41) is 3.17. The average Bonchev–Trinajstić information content (AvgIpc) is 2.31. The van der Waals surface area contributed by atoms with E-state index in [1.807, 2.05) is 0 Å². The molecule has 0 aromatic heterocycles. The van der Waals surface area contributed by atoms with Crippen LogP contribution in [0.1, 0.15) is 32.6 Å². The lowest BCUT2D eigenvalue weighted by atomic mass is 10.0. The van der Waals surface area contributed by atoms with Crippen molar-refractivity contribution in [3.8, 4) is 0 Å². The predicted molar refractivity (Wildman–Crippen MR) is 68.2 cm³/mol. The number of nitrogens with two attached hydrogens (primary N) is 1. The van der Waals surface area contributed by atoms with Crippen LogP contribution < -0.4 is 16.6 Å². The van der Waals surface area contributed by atoms with Gasteiger partial charge in [0.1, 0.15) is 0 Å². The van der Waals surface area contributed by atoms with Crippen molar-refractivity contribution >= 4 is 5.96 Å². The van der Waals surface area contributed by atoms with Gasteiger partial charge in [0.15, 0.2) is 0 Å². The van der Waals surface area contributed by atoms with Gasteiger partial charge in [-0.05, 0) is 32.9 Å². The van der Waals surface area contributed by atoms with Gasteiger partial charge in [-0.15, -0.1) is 0 Å². The Morgan fingerprint density at radius 2 is 2.31 bits per heavy atom. The molecule has 0 saturated carbocycles. The number of hydrogen-bond acceptors (Lipinski definition) is 3. The summed E-state index contributed by atoms with van der Waals surface area (Å²) < 4.78 is 0. The highest BCUT2D eigenvalue weighted by Crippen LogP contribution is 2.14. The summed E-state index contributed by atoms with van der Waals surface area (Å²) in [4.78, 5) is 6.87. The van der Waals surface area contributed by atoms with Gasteiger partial charge in [-0.1, -0.05) is 13.3 Å². The molecule has 1 heterocycles. The second kappa shape index (κ2) is 7.46. The van der Waals surface area contributed by atoms with Crippen LogP contribution >= 0.6 is 0 Å². The van der Waals surface area contributed by atoms with E-state index in [4.69, 9.17) is 5.84 Å². The molecule has 0 radical (unpaired) electrons. The van der Waals surface area contributed by atoms with E-state index in [0.29, 0.717) is 12.0 Å². The van der Waals surface area contributed by atoms with Gasteiger partial charge in [-0.25, -0.2) is 5.84 Å². The molecule has 4 N–H and O–H groups in total. The van der Waals surface area contributed by atoms with Crippen molar-refractivity contribution in [2.75, 3.05) is 26.7 Å². The summed E-state index contributed by atoms with van der Waals surface area (Å²) in [6, 6.07) is 0.570. The first-order valence-electron chi connectivity index (χ1n) is 6.23. The molecule has 0 bridgehead atoms. The normalized spacial score (nSPS) is 23.2. The zero-order valence-corrected chi connectivity index (χ0v) is 10.5. The molecule has 0 spiro atoms. The van der Waals surface area contributed by atoms with E-state index in [-0.39, 0.29) is 0 Å². The van der Waals surface area contributed by atoms with Gasteiger partial charge in [0.25, 0.3) is 0 Å². The standard InChI is InChI=1S/C11H25N5/c1-3-7-13-11(15-12)14-9-10-6-4-5-8-16(10)2/h10H,3-9,12H2,1-2H3,(H2,13,14,15). The molecule has 0 aromatic carbocycles. The van der Waals surface area contributed by atoms with Crippen molar-refractivity contribution in [3.63, 3.8) is 0 Å². The molecule has 1 atom stereocenters. The van der Waals surface area contributed by atoms with Gasteiger partial charge in [0, 0.05) is 12.6 Å². The predicted octanol–water partition coefficient (Wildman–Crippen LogP) is 0.290. The largest absolute Gasteiger partial charge is 0.355 e. The molecule has 1 fully saturated rings. The van der Waals surface area contributed by atoms with Gasteiger partial charge >= 0.3 is 0 Å². The third-order valence-electron chi connectivity index (χ3n) is 3.06. The summed E-state index contributed by atoms with van der Waals surface area (Å²) in [7, 11) is 2.17. The number of nitrogens with one attached hydrogen (secondary N) is 2. The molecule has 0 aliphatic carbocycles. The Kier molecular flexibility index (Phi) is 6.18. The van der Waals surface area contributed by atoms with Crippen molar-refractivity contribution in [1.29, 1.82) is 0 Å². The van der Waals surface area contributed by atoms with Gasteiger partial charge < -0.3 is 10.2 Å². The topological polar surface area (TPSA) is 65.7 Å². The van der Waals surface area contributed by atoms with Gasteiger partial charge in [0.05, 0.1) is 6.54 Å². The number of aliphatic imine (C=N–C) groups is 1. The molecular formula is C11H25N5. The Morgan fingerprint density at radius 3 is 2.94 bits per heavy atom. The second-order valence-corrected chi connectivity index (χ2v) is 4.39. The lowest BCUT2D eigenvalue weighted by Crippen LogP contribution is -2.44. The number of piperidine rings is 1.